The average molecular weight is 341 g/mol. The summed E-state index contributed by atoms with van der Waals surface area (Å²) in [5, 5.41) is 5.10. The number of urea groups is 1. The number of para-hydroxylation sites is 1. The van der Waals surface area contributed by atoms with Crippen molar-refractivity contribution in [3.05, 3.63) is 53.5 Å². The number of anilines is 1. The molecule has 0 unspecified atom stereocenters. The lowest BCUT2D eigenvalue weighted by atomic mass is 10.1. The van der Waals surface area contributed by atoms with Gasteiger partial charge in [0.2, 0.25) is 5.91 Å². The monoisotopic (exact) mass is 341 g/mol. The van der Waals surface area contributed by atoms with Crippen LogP contribution in [0.1, 0.15) is 28.3 Å². The lowest BCUT2D eigenvalue weighted by molar-refractivity contribution is -0.120. The lowest BCUT2D eigenvalue weighted by Crippen LogP contribution is -2.50. The van der Waals surface area contributed by atoms with Gasteiger partial charge in [-0.25, -0.2) is 4.79 Å². The van der Waals surface area contributed by atoms with Crippen LogP contribution in [0.3, 0.4) is 0 Å². The molecule has 2 heterocycles. The Labute approximate surface area is 145 Å². The maximum absolute atomic E-state index is 12.5. The number of hydrogen-bond acceptors (Lipinski definition) is 4. The molecule has 0 aliphatic carbocycles. The number of carbonyl (C=O) groups is 3. The number of rotatable bonds is 5. The molecule has 4 amide bonds. The van der Waals surface area contributed by atoms with Crippen molar-refractivity contribution in [2.45, 2.75) is 19.8 Å². The summed E-state index contributed by atoms with van der Waals surface area (Å²) < 4.78 is 5.47. The number of hydrogen-bond donors (Lipinski definition) is 2. The van der Waals surface area contributed by atoms with Gasteiger partial charge >= 0.3 is 6.03 Å². The summed E-state index contributed by atoms with van der Waals surface area (Å²) in [5.41, 5.74) is 0.876. The van der Waals surface area contributed by atoms with Crippen LogP contribution in [-0.2, 0) is 11.2 Å². The predicted octanol–water partition coefficient (Wildman–Crippen LogP) is 2.01. The first-order valence-corrected chi connectivity index (χ1v) is 8.08. The fraction of sp³-hybridized carbons (Fsp3) is 0.278. The first kappa shape index (κ1) is 16.8. The number of nitrogens with one attached hydrogen (secondary N) is 2. The molecule has 0 bridgehead atoms. The lowest BCUT2D eigenvalue weighted by Gasteiger charge is -2.28. The summed E-state index contributed by atoms with van der Waals surface area (Å²) in [6.45, 7) is 2.54. The van der Waals surface area contributed by atoms with E-state index in [1.54, 1.807) is 24.3 Å². The molecule has 25 heavy (non-hydrogen) atoms. The van der Waals surface area contributed by atoms with Crippen LogP contribution in [0.15, 0.2) is 40.8 Å². The van der Waals surface area contributed by atoms with Gasteiger partial charge in [-0.1, -0.05) is 12.1 Å². The zero-order valence-electron chi connectivity index (χ0n) is 13.9. The second kappa shape index (κ2) is 7.21. The Kier molecular flexibility index (Phi) is 4.83. The normalized spacial score (nSPS) is 14.4. The second-order valence-corrected chi connectivity index (χ2v) is 5.79. The van der Waals surface area contributed by atoms with E-state index >= 15 is 0 Å². The topological polar surface area (TPSA) is 91.7 Å². The summed E-state index contributed by atoms with van der Waals surface area (Å²) in [5.74, 6) is 1.05. The maximum Gasteiger partial charge on any atom is 0.328 e. The maximum atomic E-state index is 12.5. The molecule has 7 heteroatoms. The minimum Gasteiger partial charge on any atom is -0.466 e. The number of benzene rings is 1. The number of amides is 4. The van der Waals surface area contributed by atoms with Gasteiger partial charge in [-0.2, -0.15) is 0 Å². The van der Waals surface area contributed by atoms with E-state index in [0.717, 1.165) is 11.5 Å². The smallest absolute Gasteiger partial charge is 0.328 e. The largest absolute Gasteiger partial charge is 0.466 e. The molecule has 1 saturated heterocycles. The van der Waals surface area contributed by atoms with E-state index < -0.39 is 6.03 Å². The van der Waals surface area contributed by atoms with Crippen molar-refractivity contribution in [3.8, 4) is 0 Å². The van der Waals surface area contributed by atoms with Gasteiger partial charge in [-0.3, -0.25) is 19.8 Å². The van der Waals surface area contributed by atoms with Gasteiger partial charge in [0.15, 0.2) is 0 Å². The van der Waals surface area contributed by atoms with Crippen molar-refractivity contribution in [1.29, 1.82) is 0 Å². The van der Waals surface area contributed by atoms with E-state index in [4.69, 9.17) is 4.42 Å². The van der Waals surface area contributed by atoms with Crippen LogP contribution in [0.5, 0.6) is 0 Å². The van der Waals surface area contributed by atoms with E-state index in [-0.39, 0.29) is 24.8 Å². The highest BCUT2D eigenvalue weighted by molar-refractivity contribution is 6.09. The molecule has 0 saturated carbocycles. The quantitative estimate of drug-likeness (QED) is 0.870. The molecule has 2 aromatic rings. The molecular formula is C18H19N3O4. The molecule has 1 aliphatic heterocycles. The third-order valence-electron chi connectivity index (χ3n) is 3.95. The standard InChI is InChI=1S/C18H19N3O4/c1-12-6-7-13(25-12)8-10-19-17(23)14-4-2-3-5-15(14)21-11-9-16(22)20-18(21)24/h2-7H,8-11H2,1H3,(H,19,23)(H,20,22,24). The molecule has 1 fully saturated rings. The van der Waals surface area contributed by atoms with E-state index in [1.165, 1.54) is 4.90 Å². The first-order valence-electron chi connectivity index (χ1n) is 8.08. The van der Waals surface area contributed by atoms with Crippen molar-refractivity contribution in [2.24, 2.45) is 0 Å². The van der Waals surface area contributed by atoms with Crippen molar-refractivity contribution >= 4 is 23.5 Å². The Bertz CT molecular complexity index is 812. The van der Waals surface area contributed by atoms with Gasteiger partial charge in [0.05, 0.1) is 11.3 Å². The minimum absolute atomic E-state index is 0.208. The number of furan rings is 1. The van der Waals surface area contributed by atoms with Crippen LogP contribution < -0.4 is 15.5 Å². The number of aryl methyl sites for hydroxylation is 1. The molecule has 1 aliphatic rings. The third kappa shape index (κ3) is 3.88. The molecular weight excluding hydrogens is 322 g/mol. The Morgan fingerprint density at radius 3 is 2.76 bits per heavy atom. The van der Waals surface area contributed by atoms with Crippen molar-refractivity contribution in [3.63, 3.8) is 0 Å². The molecule has 0 spiro atoms. The fourth-order valence-corrected chi connectivity index (χ4v) is 2.71. The molecule has 7 nitrogen and oxygen atoms in total. The van der Waals surface area contributed by atoms with Gasteiger partial charge in [-0.05, 0) is 31.2 Å². The second-order valence-electron chi connectivity index (χ2n) is 5.79. The van der Waals surface area contributed by atoms with Crippen LogP contribution in [0.4, 0.5) is 10.5 Å². The van der Waals surface area contributed by atoms with E-state index in [0.29, 0.717) is 24.2 Å². The summed E-state index contributed by atoms with van der Waals surface area (Å²) in [6.07, 6.45) is 0.792. The molecule has 0 atom stereocenters. The molecule has 1 aromatic carbocycles. The molecule has 1 aromatic heterocycles. The van der Waals surface area contributed by atoms with Crippen LogP contribution >= 0.6 is 0 Å². The van der Waals surface area contributed by atoms with E-state index in [2.05, 4.69) is 10.6 Å². The predicted molar refractivity (Wildman–Crippen MR) is 91.4 cm³/mol. The molecule has 0 radical (unpaired) electrons. The summed E-state index contributed by atoms with van der Waals surface area (Å²) >= 11 is 0. The minimum atomic E-state index is -0.512. The summed E-state index contributed by atoms with van der Waals surface area (Å²) in [4.78, 5) is 37.2. The van der Waals surface area contributed by atoms with E-state index in [1.807, 2.05) is 19.1 Å². The Balaban J connectivity index is 1.68. The van der Waals surface area contributed by atoms with Crippen molar-refractivity contribution in [1.82, 2.24) is 10.6 Å². The third-order valence-corrected chi connectivity index (χ3v) is 3.95. The van der Waals surface area contributed by atoms with Crippen LogP contribution in [-0.4, -0.2) is 30.9 Å². The van der Waals surface area contributed by atoms with Crippen molar-refractivity contribution in [2.75, 3.05) is 18.0 Å². The summed E-state index contributed by atoms with van der Waals surface area (Å²) in [7, 11) is 0. The SMILES string of the molecule is Cc1ccc(CCNC(=O)c2ccccc2N2CCC(=O)NC2=O)o1. The molecule has 2 N–H and O–H groups in total. The van der Waals surface area contributed by atoms with Crippen LogP contribution in [0.25, 0.3) is 0 Å². The van der Waals surface area contributed by atoms with Gasteiger partial charge in [-0.15, -0.1) is 0 Å². The zero-order valence-corrected chi connectivity index (χ0v) is 13.9. The zero-order chi connectivity index (χ0) is 17.8. The Hall–Kier alpha value is -3.09. The van der Waals surface area contributed by atoms with Gasteiger partial charge < -0.3 is 9.73 Å². The van der Waals surface area contributed by atoms with Gasteiger partial charge in [0.25, 0.3) is 5.91 Å². The highest BCUT2D eigenvalue weighted by atomic mass is 16.3. The fourth-order valence-electron chi connectivity index (χ4n) is 2.71. The number of nitrogens with zero attached hydrogens (tertiary/aromatic N) is 1. The summed E-state index contributed by atoms with van der Waals surface area (Å²) in [6, 6.07) is 10.1. The molecule has 3 rings (SSSR count). The van der Waals surface area contributed by atoms with Gasteiger partial charge in [0.1, 0.15) is 11.5 Å². The van der Waals surface area contributed by atoms with Gasteiger partial charge in [0, 0.05) is 25.9 Å². The highest BCUT2D eigenvalue weighted by Gasteiger charge is 2.27. The number of carbonyl (C=O) groups excluding carboxylic acids is 3. The van der Waals surface area contributed by atoms with Crippen LogP contribution in [0.2, 0.25) is 0 Å². The molecule has 130 valence electrons. The Morgan fingerprint density at radius 2 is 2.04 bits per heavy atom. The van der Waals surface area contributed by atoms with Crippen molar-refractivity contribution < 1.29 is 18.8 Å². The Morgan fingerprint density at radius 1 is 1.24 bits per heavy atom. The van der Waals surface area contributed by atoms with Crippen LogP contribution in [0, 0.1) is 6.92 Å². The van der Waals surface area contributed by atoms with E-state index in [9.17, 15) is 14.4 Å². The number of imide groups is 1. The highest BCUT2D eigenvalue weighted by Crippen LogP contribution is 2.22. The first-order chi connectivity index (χ1) is 12.0. The average Bonchev–Trinajstić information content (AvgIpc) is 3.00.